The molecule has 2 heteroatoms. The van der Waals surface area contributed by atoms with Crippen LogP contribution in [0.25, 0.3) is 98.4 Å². The van der Waals surface area contributed by atoms with Crippen LogP contribution in [0.5, 0.6) is 0 Å². The molecule has 0 saturated heterocycles. The standard InChI is InChI=1S/C46H32O2/c1-46(2,3)36-26-39-42(32-21-11-13-23-37(32)47-39)43-34(36)25-35(45-44(43)33-22-12-14-24-38(33)48-45)41-30-19-9-7-17-28(30)40(27-15-5-4-6-16-27)29-18-8-10-20-31(29)41/h4-26H,1-3H3. The van der Waals surface area contributed by atoms with Crippen molar-refractivity contribution >= 4 is 76.2 Å². The van der Waals surface area contributed by atoms with E-state index in [1.807, 2.05) is 6.07 Å². The number of fused-ring (bicyclic) bond motifs is 11. The number of furan rings is 2. The highest BCUT2D eigenvalue weighted by molar-refractivity contribution is 6.35. The molecule has 0 radical (unpaired) electrons. The third-order valence-electron chi connectivity index (χ3n) is 10.2. The summed E-state index contributed by atoms with van der Waals surface area (Å²) >= 11 is 0. The van der Waals surface area contributed by atoms with Crippen LogP contribution in [0.15, 0.2) is 148 Å². The highest BCUT2D eigenvalue weighted by Crippen LogP contribution is 2.51. The van der Waals surface area contributed by atoms with Crippen molar-refractivity contribution in [2.75, 3.05) is 0 Å². The third-order valence-corrected chi connectivity index (χ3v) is 10.2. The predicted octanol–water partition coefficient (Wildman–Crippen LogP) is 13.6. The van der Waals surface area contributed by atoms with Crippen LogP contribution in [0, 0.1) is 0 Å². The maximum Gasteiger partial charge on any atom is 0.143 e. The molecule has 2 nitrogen and oxygen atoms in total. The first kappa shape index (κ1) is 27.3. The lowest BCUT2D eigenvalue weighted by atomic mass is 9.80. The van der Waals surface area contributed by atoms with E-state index in [1.54, 1.807) is 0 Å². The van der Waals surface area contributed by atoms with Crippen LogP contribution >= 0.6 is 0 Å². The number of benzene rings is 8. The van der Waals surface area contributed by atoms with E-state index in [2.05, 4.69) is 154 Å². The number of hydrogen-bond donors (Lipinski definition) is 0. The highest BCUT2D eigenvalue weighted by atomic mass is 16.3. The molecule has 228 valence electrons. The summed E-state index contributed by atoms with van der Waals surface area (Å²) in [6, 6.07) is 50.1. The Morgan fingerprint density at radius 3 is 1.50 bits per heavy atom. The highest BCUT2D eigenvalue weighted by Gasteiger charge is 2.28. The maximum atomic E-state index is 6.99. The topological polar surface area (TPSA) is 26.3 Å². The number of rotatable bonds is 2. The fourth-order valence-electron chi connectivity index (χ4n) is 8.15. The molecule has 0 saturated carbocycles. The van der Waals surface area contributed by atoms with E-state index in [4.69, 9.17) is 8.83 Å². The van der Waals surface area contributed by atoms with Crippen LogP contribution in [0.4, 0.5) is 0 Å². The van der Waals surface area contributed by atoms with Gasteiger partial charge in [-0.05, 0) is 73.3 Å². The van der Waals surface area contributed by atoms with Gasteiger partial charge in [0.25, 0.3) is 0 Å². The van der Waals surface area contributed by atoms with Crippen molar-refractivity contribution < 1.29 is 8.83 Å². The summed E-state index contributed by atoms with van der Waals surface area (Å²) in [5.41, 5.74) is 9.50. The van der Waals surface area contributed by atoms with Gasteiger partial charge < -0.3 is 8.83 Å². The second-order valence-corrected chi connectivity index (χ2v) is 14.0. The van der Waals surface area contributed by atoms with Crippen LogP contribution in [-0.2, 0) is 5.41 Å². The van der Waals surface area contributed by atoms with E-state index in [-0.39, 0.29) is 5.41 Å². The minimum atomic E-state index is -0.142. The van der Waals surface area contributed by atoms with Crippen molar-refractivity contribution in [1.82, 2.24) is 0 Å². The zero-order valence-corrected chi connectivity index (χ0v) is 27.1. The minimum Gasteiger partial charge on any atom is -0.456 e. The molecule has 48 heavy (non-hydrogen) atoms. The smallest absolute Gasteiger partial charge is 0.143 e. The first-order chi connectivity index (χ1) is 23.5. The second-order valence-electron chi connectivity index (χ2n) is 14.0. The molecule has 10 aromatic rings. The molecule has 0 bridgehead atoms. The monoisotopic (exact) mass is 616 g/mol. The second kappa shape index (κ2) is 9.82. The quantitative estimate of drug-likeness (QED) is 0.181. The number of para-hydroxylation sites is 2. The van der Waals surface area contributed by atoms with E-state index in [1.165, 1.54) is 54.6 Å². The number of hydrogen-bond acceptors (Lipinski definition) is 2. The van der Waals surface area contributed by atoms with Crippen LogP contribution < -0.4 is 0 Å². The largest absolute Gasteiger partial charge is 0.456 e. The SMILES string of the molecule is CC(C)(C)c1cc2oc3ccccc3c2c2c1cc(-c1c3ccccc3c(-c3ccccc3)c3ccccc13)c1oc3ccccc3c12. The van der Waals surface area contributed by atoms with Gasteiger partial charge in [0.1, 0.15) is 22.3 Å². The Kier molecular flexibility index (Phi) is 5.58. The lowest BCUT2D eigenvalue weighted by Gasteiger charge is -2.23. The molecule has 0 spiro atoms. The average Bonchev–Trinajstić information content (AvgIpc) is 3.69. The lowest BCUT2D eigenvalue weighted by Crippen LogP contribution is -2.11. The Hall–Kier alpha value is -5.86. The summed E-state index contributed by atoms with van der Waals surface area (Å²) < 4.78 is 13.6. The Labute approximate surface area is 277 Å². The minimum absolute atomic E-state index is 0.142. The van der Waals surface area contributed by atoms with Gasteiger partial charge in [0, 0.05) is 38.1 Å². The zero-order valence-electron chi connectivity index (χ0n) is 27.1. The van der Waals surface area contributed by atoms with Gasteiger partial charge in [-0.1, -0.05) is 136 Å². The van der Waals surface area contributed by atoms with Gasteiger partial charge in [-0.25, -0.2) is 0 Å². The first-order valence-corrected chi connectivity index (χ1v) is 16.7. The Bertz CT molecular complexity index is 2860. The molecule has 0 aliphatic carbocycles. The van der Waals surface area contributed by atoms with Gasteiger partial charge in [0.2, 0.25) is 0 Å². The van der Waals surface area contributed by atoms with Gasteiger partial charge in [0.05, 0.1) is 0 Å². The zero-order chi connectivity index (χ0) is 32.1. The Morgan fingerprint density at radius 2 is 0.896 bits per heavy atom. The normalized spacial score (nSPS) is 12.5. The molecule has 0 aliphatic heterocycles. The van der Waals surface area contributed by atoms with Crippen molar-refractivity contribution in [3.05, 3.63) is 145 Å². The van der Waals surface area contributed by atoms with Crippen LogP contribution in [0.1, 0.15) is 26.3 Å². The van der Waals surface area contributed by atoms with E-state index < -0.39 is 0 Å². The molecule has 0 N–H and O–H groups in total. The first-order valence-electron chi connectivity index (χ1n) is 16.7. The van der Waals surface area contributed by atoms with Gasteiger partial charge in [0.15, 0.2) is 0 Å². The molecular formula is C46H32O2. The average molecular weight is 617 g/mol. The molecule has 2 heterocycles. The van der Waals surface area contributed by atoms with E-state index in [9.17, 15) is 0 Å². The fourth-order valence-corrected chi connectivity index (χ4v) is 8.15. The van der Waals surface area contributed by atoms with Gasteiger partial charge in [-0.3, -0.25) is 0 Å². The summed E-state index contributed by atoms with van der Waals surface area (Å²) in [4.78, 5) is 0. The lowest BCUT2D eigenvalue weighted by molar-refractivity contribution is 0.593. The van der Waals surface area contributed by atoms with Crippen LogP contribution in [0.3, 0.4) is 0 Å². The molecule has 2 aromatic heterocycles. The summed E-state index contributed by atoms with van der Waals surface area (Å²) in [6.07, 6.45) is 0. The van der Waals surface area contributed by atoms with Crippen molar-refractivity contribution in [2.45, 2.75) is 26.2 Å². The van der Waals surface area contributed by atoms with Gasteiger partial charge in [-0.15, -0.1) is 0 Å². The van der Waals surface area contributed by atoms with Gasteiger partial charge in [-0.2, -0.15) is 0 Å². The predicted molar refractivity (Wildman–Crippen MR) is 203 cm³/mol. The van der Waals surface area contributed by atoms with E-state index in [0.29, 0.717) is 0 Å². The van der Waals surface area contributed by atoms with Crippen LogP contribution in [0.2, 0.25) is 0 Å². The molecular weight excluding hydrogens is 585 g/mol. The molecule has 0 aliphatic rings. The summed E-state index contributed by atoms with van der Waals surface area (Å²) in [6.45, 7) is 6.90. The summed E-state index contributed by atoms with van der Waals surface area (Å²) in [7, 11) is 0. The molecule has 8 aromatic carbocycles. The Balaban J connectivity index is 1.49. The van der Waals surface area contributed by atoms with Crippen molar-refractivity contribution in [1.29, 1.82) is 0 Å². The fraction of sp³-hybridized carbons (Fsp3) is 0.0870. The van der Waals surface area contributed by atoms with Crippen molar-refractivity contribution in [3.8, 4) is 22.3 Å². The summed E-state index contributed by atoms with van der Waals surface area (Å²) in [5, 5.41) is 11.8. The van der Waals surface area contributed by atoms with E-state index >= 15 is 0 Å². The van der Waals surface area contributed by atoms with E-state index in [0.717, 1.165) is 49.4 Å². The van der Waals surface area contributed by atoms with Crippen molar-refractivity contribution in [3.63, 3.8) is 0 Å². The molecule has 0 fully saturated rings. The Morgan fingerprint density at radius 1 is 0.396 bits per heavy atom. The third kappa shape index (κ3) is 3.74. The molecule has 0 atom stereocenters. The van der Waals surface area contributed by atoms with Crippen LogP contribution in [-0.4, -0.2) is 0 Å². The summed E-state index contributed by atoms with van der Waals surface area (Å²) in [5.74, 6) is 0. The molecule has 0 unspecified atom stereocenters. The van der Waals surface area contributed by atoms with Crippen molar-refractivity contribution in [2.24, 2.45) is 0 Å². The molecule has 0 amide bonds. The molecule has 10 rings (SSSR count). The van der Waals surface area contributed by atoms with Gasteiger partial charge >= 0.3 is 0 Å². The maximum absolute atomic E-state index is 6.99.